The van der Waals surface area contributed by atoms with Gasteiger partial charge in [0.25, 0.3) is 0 Å². The van der Waals surface area contributed by atoms with Crippen molar-refractivity contribution in [2.45, 2.75) is 32.2 Å². The molecule has 0 spiro atoms. The minimum Gasteiger partial charge on any atom is -0.384 e. The van der Waals surface area contributed by atoms with Crippen LogP contribution in [-0.4, -0.2) is 40.5 Å². The number of hydrogen-bond acceptors (Lipinski definition) is 6. The van der Waals surface area contributed by atoms with Gasteiger partial charge in [-0.2, -0.15) is 0 Å². The van der Waals surface area contributed by atoms with Crippen LogP contribution in [0.4, 0.5) is 17.3 Å². The van der Waals surface area contributed by atoms with E-state index < -0.39 is 4.92 Å². The molecule has 2 heterocycles. The van der Waals surface area contributed by atoms with E-state index in [2.05, 4.69) is 22.1 Å². The van der Waals surface area contributed by atoms with Gasteiger partial charge in [-0.05, 0) is 38.9 Å². The molecule has 0 aromatic carbocycles. The second-order valence-electron chi connectivity index (χ2n) is 5.19. The average molecular weight is 279 g/mol. The molecule has 1 aromatic heterocycles. The Morgan fingerprint density at radius 1 is 1.45 bits per heavy atom. The first-order chi connectivity index (χ1) is 9.58. The summed E-state index contributed by atoms with van der Waals surface area (Å²) in [5.74, 6) is 0.530. The molecule has 3 N–H and O–H groups in total. The lowest BCUT2D eigenvalue weighted by molar-refractivity contribution is -0.384. The van der Waals surface area contributed by atoms with Gasteiger partial charge in [-0.1, -0.05) is 6.42 Å². The van der Waals surface area contributed by atoms with E-state index in [0.29, 0.717) is 12.6 Å². The van der Waals surface area contributed by atoms with Gasteiger partial charge in [0, 0.05) is 18.7 Å². The number of nitrogens with one attached hydrogen (secondary N) is 1. The minimum absolute atomic E-state index is 0.0370. The average Bonchev–Trinajstić information content (AvgIpc) is 2.45. The number of pyridine rings is 1. The van der Waals surface area contributed by atoms with Crippen molar-refractivity contribution in [3.63, 3.8) is 0 Å². The van der Waals surface area contributed by atoms with E-state index in [-0.39, 0.29) is 17.3 Å². The Labute approximate surface area is 118 Å². The molecule has 0 amide bonds. The van der Waals surface area contributed by atoms with Crippen LogP contribution >= 0.6 is 0 Å². The minimum atomic E-state index is -0.444. The third kappa shape index (κ3) is 3.57. The Kier molecular flexibility index (Phi) is 4.73. The fourth-order valence-corrected chi connectivity index (χ4v) is 2.48. The van der Waals surface area contributed by atoms with Crippen molar-refractivity contribution in [1.29, 1.82) is 0 Å². The Morgan fingerprint density at radius 2 is 2.15 bits per heavy atom. The summed E-state index contributed by atoms with van der Waals surface area (Å²) in [6.45, 7) is 4.93. The van der Waals surface area contributed by atoms with Crippen LogP contribution in [0, 0.1) is 10.1 Å². The molecule has 1 unspecified atom stereocenters. The monoisotopic (exact) mass is 279 g/mol. The summed E-state index contributed by atoms with van der Waals surface area (Å²) in [5.41, 5.74) is 5.56. The van der Waals surface area contributed by atoms with Gasteiger partial charge in [-0.15, -0.1) is 0 Å². The topological polar surface area (TPSA) is 97.3 Å². The van der Waals surface area contributed by atoms with Crippen LogP contribution < -0.4 is 11.1 Å². The molecule has 0 saturated carbocycles. The van der Waals surface area contributed by atoms with E-state index >= 15 is 0 Å². The van der Waals surface area contributed by atoms with Crippen LogP contribution in [0.15, 0.2) is 12.1 Å². The maximum Gasteiger partial charge on any atom is 0.311 e. The molecular formula is C13H21N5O2. The van der Waals surface area contributed by atoms with E-state index in [1.807, 2.05) is 0 Å². The highest BCUT2D eigenvalue weighted by atomic mass is 16.6. The smallest absolute Gasteiger partial charge is 0.311 e. The lowest BCUT2D eigenvalue weighted by atomic mass is 10.1. The van der Waals surface area contributed by atoms with Gasteiger partial charge in [0.2, 0.25) is 5.82 Å². The molecule has 110 valence electrons. The number of rotatable bonds is 5. The zero-order chi connectivity index (χ0) is 14.5. The quantitative estimate of drug-likeness (QED) is 0.630. The molecule has 20 heavy (non-hydrogen) atoms. The first-order valence-electron chi connectivity index (χ1n) is 6.97. The summed E-state index contributed by atoms with van der Waals surface area (Å²) in [6, 6.07) is 3.14. The predicted octanol–water partition coefficient (Wildman–Crippen LogP) is 1.86. The molecule has 1 aromatic rings. The number of nitrogen functional groups attached to an aromatic ring is 1. The van der Waals surface area contributed by atoms with Crippen molar-refractivity contribution in [3.8, 4) is 0 Å². The Hall–Kier alpha value is -1.89. The number of nitrogens with zero attached hydrogens (tertiary/aromatic N) is 3. The standard InChI is InChI=1S/C13H21N5O2/c1-10(17-7-3-2-4-8-17)9-15-13-11(18(19)20)5-6-12(14)16-13/h5-6,10H,2-4,7-9H2,1H3,(H3,14,15,16). The molecule has 0 bridgehead atoms. The lowest BCUT2D eigenvalue weighted by Gasteiger charge is -2.32. The van der Waals surface area contributed by atoms with Gasteiger partial charge in [0.05, 0.1) is 4.92 Å². The maximum absolute atomic E-state index is 11.0. The number of nitrogens with two attached hydrogens (primary N) is 1. The summed E-state index contributed by atoms with van der Waals surface area (Å²) < 4.78 is 0. The highest BCUT2D eigenvalue weighted by Gasteiger charge is 2.19. The van der Waals surface area contributed by atoms with Crippen LogP contribution in [-0.2, 0) is 0 Å². The number of hydrogen-bond donors (Lipinski definition) is 2. The van der Waals surface area contributed by atoms with E-state index in [1.165, 1.54) is 31.4 Å². The molecule has 1 aliphatic rings. The van der Waals surface area contributed by atoms with Crippen molar-refractivity contribution in [2.24, 2.45) is 0 Å². The largest absolute Gasteiger partial charge is 0.384 e. The first-order valence-corrected chi connectivity index (χ1v) is 6.97. The molecule has 2 rings (SSSR count). The molecule has 1 saturated heterocycles. The van der Waals surface area contributed by atoms with Gasteiger partial charge < -0.3 is 11.1 Å². The van der Waals surface area contributed by atoms with Gasteiger partial charge in [0.1, 0.15) is 5.82 Å². The number of likely N-dealkylation sites (tertiary alicyclic amines) is 1. The summed E-state index contributed by atoms with van der Waals surface area (Å²) in [5, 5.41) is 14.0. The Morgan fingerprint density at radius 3 is 2.80 bits per heavy atom. The third-order valence-electron chi connectivity index (χ3n) is 3.67. The molecule has 7 nitrogen and oxygen atoms in total. The Balaban J connectivity index is 1.99. The van der Waals surface area contributed by atoms with E-state index in [9.17, 15) is 10.1 Å². The maximum atomic E-state index is 11.0. The van der Waals surface area contributed by atoms with Crippen LogP contribution in [0.2, 0.25) is 0 Å². The van der Waals surface area contributed by atoms with E-state index in [0.717, 1.165) is 13.1 Å². The van der Waals surface area contributed by atoms with Gasteiger partial charge >= 0.3 is 5.69 Å². The third-order valence-corrected chi connectivity index (χ3v) is 3.67. The second-order valence-corrected chi connectivity index (χ2v) is 5.19. The molecule has 1 atom stereocenters. The van der Waals surface area contributed by atoms with Crippen LogP contribution in [0.5, 0.6) is 0 Å². The zero-order valence-electron chi connectivity index (χ0n) is 11.7. The van der Waals surface area contributed by atoms with Crippen molar-refractivity contribution in [2.75, 3.05) is 30.7 Å². The lowest BCUT2D eigenvalue weighted by Crippen LogP contribution is -2.41. The fourth-order valence-electron chi connectivity index (χ4n) is 2.48. The normalized spacial score (nSPS) is 17.6. The fraction of sp³-hybridized carbons (Fsp3) is 0.615. The molecule has 1 fully saturated rings. The molecule has 0 radical (unpaired) electrons. The van der Waals surface area contributed by atoms with E-state index in [1.54, 1.807) is 0 Å². The molecular weight excluding hydrogens is 258 g/mol. The van der Waals surface area contributed by atoms with Crippen molar-refractivity contribution >= 4 is 17.3 Å². The van der Waals surface area contributed by atoms with E-state index in [4.69, 9.17) is 5.73 Å². The van der Waals surface area contributed by atoms with Crippen molar-refractivity contribution < 1.29 is 4.92 Å². The Bertz CT molecular complexity index is 474. The predicted molar refractivity (Wildman–Crippen MR) is 78.7 cm³/mol. The molecule has 7 heteroatoms. The highest BCUT2D eigenvalue weighted by Crippen LogP contribution is 2.23. The summed E-state index contributed by atoms with van der Waals surface area (Å²) in [4.78, 5) is 16.9. The van der Waals surface area contributed by atoms with Gasteiger partial charge in [0.15, 0.2) is 0 Å². The second kappa shape index (κ2) is 6.51. The number of aromatic nitrogens is 1. The van der Waals surface area contributed by atoms with Crippen molar-refractivity contribution in [3.05, 3.63) is 22.2 Å². The number of piperidine rings is 1. The summed E-state index contributed by atoms with van der Waals surface area (Å²) >= 11 is 0. The highest BCUT2D eigenvalue weighted by molar-refractivity contribution is 5.59. The van der Waals surface area contributed by atoms with Crippen molar-refractivity contribution in [1.82, 2.24) is 9.88 Å². The summed E-state index contributed by atoms with van der Waals surface area (Å²) in [7, 11) is 0. The number of anilines is 2. The molecule has 1 aliphatic heterocycles. The first kappa shape index (κ1) is 14.5. The van der Waals surface area contributed by atoms with Gasteiger partial charge in [-0.3, -0.25) is 15.0 Å². The van der Waals surface area contributed by atoms with Crippen LogP contribution in [0.3, 0.4) is 0 Å². The number of nitro groups is 1. The summed E-state index contributed by atoms with van der Waals surface area (Å²) in [6.07, 6.45) is 3.74. The van der Waals surface area contributed by atoms with Crippen LogP contribution in [0.25, 0.3) is 0 Å². The SMILES string of the molecule is CC(CNc1nc(N)ccc1[N+](=O)[O-])N1CCCCC1. The zero-order valence-corrected chi connectivity index (χ0v) is 11.7. The van der Waals surface area contributed by atoms with Crippen LogP contribution in [0.1, 0.15) is 26.2 Å². The van der Waals surface area contributed by atoms with Gasteiger partial charge in [-0.25, -0.2) is 4.98 Å². The molecule has 0 aliphatic carbocycles.